The fraction of sp³-hybridized carbons (Fsp3) is 0.645. The van der Waals surface area contributed by atoms with Crippen LogP contribution in [0.15, 0.2) is 36.6 Å². The van der Waals surface area contributed by atoms with E-state index >= 15 is 0 Å². The van der Waals surface area contributed by atoms with Gasteiger partial charge in [-0.2, -0.15) is 0 Å². The van der Waals surface area contributed by atoms with Crippen molar-refractivity contribution >= 4 is 12.0 Å². The van der Waals surface area contributed by atoms with E-state index in [-0.39, 0.29) is 11.5 Å². The third-order valence-corrected chi connectivity index (χ3v) is 9.54. The molecule has 16 atom stereocenters. The number of aromatic hydroxyl groups is 1. The number of phenols is 1. The van der Waals surface area contributed by atoms with Gasteiger partial charge in [0.25, 0.3) is 0 Å². The Morgan fingerprint density at radius 1 is 0.938 bits per heavy atom. The Bertz CT molecular complexity index is 1370. The molecule has 4 fully saturated rings. The van der Waals surface area contributed by atoms with Crippen LogP contribution in [0.25, 0.3) is 6.08 Å². The third-order valence-electron chi connectivity index (χ3n) is 9.54. The summed E-state index contributed by atoms with van der Waals surface area (Å²) in [6, 6.07) is 4.42. The maximum Gasteiger partial charge on any atom is 0.331 e. The minimum Gasteiger partial charge on any atom is -0.504 e. The predicted octanol–water partition coefficient (Wildman–Crippen LogP) is -2.76. The Balaban J connectivity index is 1.14. The van der Waals surface area contributed by atoms with Crippen LogP contribution in [0.5, 0.6) is 11.5 Å². The first-order valence-electron chi connectivity index (χ1n) is 15.4. The van der Waals surface area contributed by atoms with E-state index in [0.717, 1.165) is 6.08 Å². The van der Waals surface area contributed by atoms with Gasteiger partial charge in [0.2, 0.25) is 6.29 Å². The molecular formula is C31H40O17. The highest BCUT2D eigenvalue weighted by Gasteiger charge is 2.77. The number of aliphatic hydroxyl groups excluding tert-OH is 7. The van der Waals surface area contributed by atoms with Gasteiger partial charge in [-0.25, -0.2) is 4.79 Å². The SMILES string of the molecule is COc1cc(/C=C/C(=O)O[C@@H]2[C@@H](O)[C@H](C)O[C@@H](O[C@H]3[C@@H]4C=CO[C@@H](O[C@@H]5O[C@H](CO)[C@@H](O)[C@H](O)[C@H]5O)C4[C@@]4(CO)O[C@@H]34)[C@@H]2O)ccc1O. The number of aliphatic hydroxyl groups is 7. The van der Waals surface area contributed by atoms with Crippen LogP contribution < -0.4 is 4.74 Å². The predicted molar refractivity (Wildman–Crippen MR) is 155 cm³/mol. The number of rotatable bonds is 10. The van der Waals surface area contributed by atoms with E-state index in [4.69, 9.17) is 37.9 Å². The lowest BCUT2D eigenvalue weighted by Crippen LogP contribution is -2.60. The summed E-state index contributed by atoms with van der Waals surface area (Å²) in [7, 11) is 1.38. The molecule has 3 saturated heterocycles. The molecule has 0 radical (unpaired) electrons. The molecule has 6 rings (SSSR count). The summed E-state index contributed by atoms with van der Waals surface area (Å²) in [5.74, 6) is -2.12. The summed E-state index contributed by atoms with van der Waals surface area (Å²) in [5, 5.41) is 82.5. The third kappa shape index (κ3) is 6.19. The molecule has 17 nitrogen and oxygen atoms in total. The van der Waals surface area contributed by atoms with Crippen LogP contribution >= 0.6 is 0 Å². The summed E-state index contributed by atoms with van der Waals surface area (Å²) >= 11 is 0. The molecule has 1 unspecified atom stereocenters. The minimum atomic E-state index is -1.71. The zero-order valence-corrected chi connectivity index (χ0v) is 25.9. The highest BCUT2D eigenvalue weighted by Crippen LogP contribution is 2.61. The molecule has 1 saturated carbocycles. The number of phenolic OH excluding ortho intramolecular Hbond substituents is 1. The molecular weight excluding hydrogens is 644 g/mol. The van der Waals surface area contributed by atoms with Gasteiger partial charge in [0.15, 0.2) is 30.2 Å². The number of carbonyl (C=O) groups is 1. The summed E-state index contributed by atoms with van der Waals surface area (Å²) < 4.78 is 45.4. The highest BCUT2D eigenvalue weighted by atomic mass is 16.8. The Labute approximate surface area is 274 Å². The van der Waals surface area contributed by atoms with Crippen LogP contribution in [0, 0.1) is 11.8 Å². The molecule has 4 aliphatic heterocycles. The van der Waals surface area contributed by atoms with E-state index in [1.165, 1.54) is 44.6 Å². The van der Waals surface area contributed by atoms with Crippen molar-refractivity contribution in [3.63, 3.8) is 0 Å². The normalized spacial score (nSPS) is 44.9. The molecule has 0 aromatic heterocycles. The van der Waals surface area contributed by atoms with E-state index in [9.17, 15) is 45.6 Å². The van der Waals surface area contributed by atoms with Crippen molar-refractivity contribution in [3.8, 4) is 11.5 Å². The average molecular weight is 685 g/mol. The number of fused-ring (bicyclic) bond motifs is 3. The van der Waals surface area contributed by atoms with Gasteiger partial charge in [-0.1, -0.05) is 6.07 Å². The smallest absolute Gasteiger partial charge is 0.331 e. The van der Waals surface area contributed by atoms with Gasteiger partial charge in [0, 0.05) is 12.0 Å². The number of ether oxygens (including phenoxy) is 8. The first-order chi connectivity index (χ1) is 22.9. The number of hydrogen-bond acceptors (Lipinski definition) is 17. The first kappa shape index (κ1) is 34.9. The number of esters is 1. The lowest BCUT2D eigenvalue weighted by Gasteiger charge is -2.44. The van der Waals surface area contributed by atoms with Gasteiger partial charge in [0.05, 0.1) is 44.7 Å². The quantitative estimate of drug-likeness (QED) is 0.0705. The summed E-state index contributed by atoms with van der Waals surface area (Å²) in [6.45, 7) is 0.349. The van der Waals surface area contributed by atoms with Gasteiger partial charge in [-0.15, -0.1) is 0 Å². The summed E-state index contributed by atoms with van der Waals surface area (Å²) in [4.78, 5) is 12.7. The second-order valence-electron chi connectivity index (χ2n) is 12.4. The average Bonchev–Trinajstić information content (AvgIpc) is 3.76. The maximum atomic E-state index is 12.7. The van der Waals surface area contributed by atoms with E-state index in [1.54, 1.807) is 6.08 Å². The molecule has 0 spiro atoms. The second-order valence-corrected chi connectivity index (χ2v) is 12.4. The molecule has 1 aromatic carbocycles. The van der Waals surface area contributed by atoms with Crippen molar-refractivity contribution in [1.82, 2.24) is 0 Å². The van der Waals surface area contributed by atoms with Crippen LogP contribution in [0.2, 0.25) is 0 Å². The Hall–Kier alpha value is -2.91. The van der Waals surface area contributed by atoms with Gasteiger partial charge in [0.1, 0.15) is 48.3 Å². The van der Waals surface area contributed by atoms with Crippen molar-refractivity contribution in [2.24, 2.45) is 11.8 Å². The standard InChI is InChI=1S/C31H40O17/c1-12-20(36)26(45-18(35)6-4-13-3-5-15(34)16(9-13)41-2)24(40)30(43-12)46-25-14-7-8-42-28(19(14)31(11-33)27(25)48-31)47-29-23(39)22(38)21(37)17(10-32)44-29/h3-9,12,14,17,19-30,32-34,36-40H,10-11H2,1-2H3/b6-4+/t12-,14+,17+,19?,20-,21+,22-,23+,24+,25-,26+,27-,28-,29-,30-,31+/m0/s1. The first-order valence-corrected chi connectivity index (χ1v) is 15.4. The van der Waals surface area contributed by atoms with Gasteiger partial charge in [-0.05, 0) is 36.8 Å². The number of epoxide rings is 1. The Morgan fingerprint density at radius 3 is 2.40 bits per heavy atom. The minimum absolute atomic E-state index is 0.0831. The molecule has 0 amide bonds. The van der Waals surface area contributed by atoms with E-state index < -0.39 is 117 Å². The fourth-order valence-corrected chi connectivity index (χ4v) is 6.85. The molecule has 1 aromatic rings. The van der Waals surface area contributed by atoms with Crippen LogP contribution in [-0.4, -0.2) is 153 Å². The van der Waals surface area contributed by atoms with Gasteiger partial charge < -0.3 is 78.7 Å². The summed E-state index contributed by atoms with van der Waals surface area (Å²) in [5.41, 5.74) is -0.729. The van der Waals surface area contributed by atoms with Crippen LogP contribution in [0.3, 0.4) is 0 Å². The summed E-state index contributed by atoms with van der Waals surface area (Å²) in [6.07, 6.45) is -12.1. The van der Waals surface area contributed by atoms with Gasteiger partial charge >= 0.3 is 5.97 Å². The maximum absolute atomic E-state index is 12.7. The van der Waals surface area contributed by atoms with Crippen molar-refractivity contribution in [1.29, 1.82) is 0 Å². The van der Waals surface area contributed by atoms with Crippen molar-refractivity contribution < 1.29 is 83.5 Å². The number of carbonyl (C=O) groups excluding carboxylic acids is 1. The van der Waals surface area contributed by atoms with Crippen LogP contribution in [-0.2, 0) is 38.0 Å². The zero-order valence-electron chi connectivity index (χ0n) is 25.9. The molecule has 8 N–H and O–H groups in total. The number of hydrogen-bond donors (Lipinski definition) is 8. The van der Waals surface area contributed by atoms with Crippen molar-refractivity contribution in [3.05, 3.63) is 42.2 Å². The fourth-order valence-electron chi connectivity index (χ4n) is 6.85. The van der Waals surface area contributed by atoms with E-state index in [1.807, 2.05) is 0 Å². The van der Waals surface area contributed by atoms with Gasteiger partial charge in [-0.3, -0.25) is 0 Å². The topological polar surface area (TPSA) is 256 Å². The van der Waals surface area contributed by atoms with Crippen molar-refractivity contribution in [2.45, 2.75) is 92.4 Å². The van der Waals surface area contributed by atoms with Crippen LogP contribution in [0.4, 0.5) is 0 Å². The highest BCUT2D eigenvalue weighted by molar-refractivity contribution is 5.87. The Morgan fingerprint density at radius 2 is 1.69 bits per heavy atom. The molecule has 17 heteroatoms. The molecule has 266 valence electrons. The second kappa shape index (κ2) is 13.8. The Kier molecular flexibility index (Phi) is 10.0. The number of methoxy groups -OCH3 is 1. The van der Waals surface area contributed by atoms with Crippen LogP contribution in [0.1, 0.15) is 12.5 Å². The van der Waals surface area contributed by atoms with E-state index in [2.05, 4.69) is 0 Å². The molecule has 48 heavy (non-hydrogen) atoms. The lowest BCUT2D eigenvalue weighted by molar-refractivity contribution is -0.347. The molecule has 5 aliphatic rings. The van der Waals surface area contributed by atoms with Crippen molar-refractivity contribution in [2.75, 3.05) is 20.3 Å². The zero-order chi connectivity index (χ0) is 34.5. The monoisotopic (exact) mass is 684 g/mol. The number of benzene rings is 1. The van der Waals surface area contributed by atoms with E-state index in [0.29, 0.717) is 5.56 Å². The molecule has 1 aliphatic carbocycles. The lowest BCUT2D eigenvalue weighted by atomic mass is 9.85. The molecule has 0 bridgehead atoms. The molecule has 4 heterocycles. The largest absolute Gasteiger partial charge is 0.504 e.